The largest absolute Gasteiger partial charge is 0.469 e. The van der Waals surface area contributed by atoms with E-state index in [-0.39, 0.29) is 36.0 Å². The number of nitrogens with one attached hydrogen (secondary N) is 1. The molecule has 114 valence electrons. The maximum atomic E-state index is 12.0. The number of carbonyl (C=O) groups is 3. The van der Waals surface area contributed by atoms with Crippen molar-refractivity contribution < 1.29 is 23.5 Å². The molecule has 1 fully saturated rings. The Kier molecular flexibility index (Phi) is 4.62. The van der Waals surface area contributed by atoms with E-state index in [1.54, 1.807) is 11.0 Å². The highest BCUT2D eigenvalue weighted by molar-refractivity contribution is 5.94. The number of nitrogens with zero attached hydrogens (tertiary/aromatic N) is 1. The summed E-state index contributed by atoms with van der Waals surface area (Å²) >= 11 is 0. The van der Waals surface area contributed by atoms with Gasteiger partial charge in [0.1, 0.15) is 0 Å². The molecule has 1 aromatic rings. The van der Waals surface area contributed by atoms with Gasteiger partial charge in [-0.1, -0.05) is 6.92 Å². The molecule has 7 heteroatoms. The van der Waals surface area contributed by atoms with E-state index in [2.05, 4.69) is 5.32 Å². The molecule has 1 aliphatic heterocycles. The van der Waals surface area contributed by atoms with Crippen molar-refractivity contribution in [2.24, 2.45) is 11.8 Å². The fourth-order valence-corrected chi connectivity index (χ4v) is 2.39. The van der Waals surface area contributed by atoms with E-state index >= 15 is 0 Å². The van der Waals surface area contributed by atoms with Crippen molar-refractivity contribution in [1.29, 1.82) is 0 Å². The number of rotatable bonds is 4. The SMILES string of the molecule is COC(=O)C1CN(C(=O)CNC(=O)c2ccco2)CC1C. The zero-order chi connectivity index (χ0) is 15.4. The van der Waals surface area contributed by atoms with Crippen LogP contribution in [0.15, 0.2) is 22.8 Å². The van der Waals surface area contributed by atoms with E-state index in [4.69, 9.17) is 9.15 Å². The van der Waals surface area contributed by atoms with Crippen molar-refractivity contribution in [2.45, 2.75) is 6.92 Å². The van der Waals surface area contributed by atoms with Crippen LogP contribution in [-0.4, -0.2) is 49.4 Å². The van der Waals surface area contributed by atoms with Crippen LogP contribution >= 0.6 is 0 Å². The summed E-state index contributed by atoms with van der Waals surface area (Å²) < 4.78 is 9.66. The second-order valence-electron chi connectivity index (χ2n) is 5.07. The third-order valence-electron chi connectivity index (χ3n) is 3.61. The number of methoxy groups -OCH3 is 1. The second-order valence-corrected chi connectivity index (χ2v) is 5.07. The highest BCUT2D eigenvalue weighted by Gasteiger charge is 2.37. The minimum atomic E-state index is -0.440. The zero-order valence-corrected chi connectivity index (χ0v) is 12.0. The average molecular weight is 294 g/mol. The predicted molar refractivity (Wildman–Crippen MR) is 72.3 cm³/mol. The Balaban J connectivity index is 1.84. The molecule has 1 aliphatic rings. The first-order chi connectivity index (χ1) is 10.0. The molecule has 0 saturated carbocycles. The minimum Gasteiger partial charge on any atom is -0.469 e. The number of ether oxygens (including phenoxy) is 1. The van der Waals surface area contributed by atoms with Gasteiger partial charge in [0.25, 0.3) is 5.91 Å². The Morgan fingerprint density at radius 3 is 2.81 bits per heavy atom. The molecule has 1 saturated heterocycles. The molecule has 0 spiro atoms. The molecule has 7 nitrogen and oxygen atoms in total. The summed E-state index contributed by atoms with van der Waals surface area (Å²) in [5.41, 5.74) is 0. The van der Waals surface area contributed by atoms with E-state index in [0.717, 1.165) is 0 Å². The van der Waals surface area contributed by atoms with Gasteiger partial charge in [-0.25, -0.2) is 0 Å². The molecule has 1 aromatic heterocycles. The van der Waals surface area contributed by atoms with Crippen molar-refractivity contribution in [1.82, 2.24) is 10.2 Å². The van der Waals surface area contributed by atoms with Crippen LogP contribution in [0.1, 0.15) is 17.5 Å². The molecule has 2 unspecified atom stereocenters. The van der Waals surface area contributed by atoms with E-state index in [9.17, 15) is 14.4 Å². The number of esters is 1. The number of furan rings is 1. The van der Waals surface area contributed by atoms with Crippen molar-refractivity contribution in [3.05, 3.63) is 24.2 Å². The van der Waals surface area contributed by atoms with Gasteiger partial charge >= 0.3 is 5.97 Å². The van der Waals surface area contributed by atoms with Crippen molar-refractivity contribution >= 4 is 17.8 Å². The van der Waals surface area contributed by atoms with Gasteiger partial charge in [-0.3, -0.25) is 14.4 Å². The Morgan fingerprint density at radius 1 is 1.43 bits per heavy atom. The predicted octanol–water partition coefficient (Wildman–Crippen LogP) is 0.277. The topological polar surface area (TPSA) is 88.9 Å². The lowest BCUT2D eigenvalue weighted by Gasteiger charge is -2.16. The van der Waals surface area contributed by atoms with Crippen molar-refractivity contribution in [3.63, 3.8) is 0 Å². The summed E-state index contributed by atoms with van der Waals surface area (Å²) in [6.45, 7) is 2.58. The van der Waals surface area contributed by atoms with E-state index in [1.165, 1.54) is 19.4 Å². The van der Waals surface area contributed by atoms with Gasteiger partial charge in [0.2, 0.25) is 5.91 Å². The first kappa shape index (κ1) is 15.1. The smallest absolute Gasteiger partial charge is 0.310 e. The summed E-state index contributed by atoms with van der Waals surface area (Å²) in [6, 6.07) is 3.12. The Hall–Kier alpha value is -2.31. The van der Waals surface area contributed by atoms with Crippen molar-refractivity contribution in [2.75, 3.05) is 26.7 Å². The second kappa shape index (κ2) is 6.43. The first-order valence-corrected chi connectivity index (χ1v) is 6.70. The molecule has 0 bridgehead atoms. The van der Waals surface area contributed by atoms with Gasteiger partial charge in [0.15, 0.2) is 5.76 Å². The molecule has 2 rings (SSSR count). The highest BCUT2D eigenvalue weighted by atomic mass is 16.5. The van der Waals surface area contributed by atoms with Crippen LogP contribution in [0.2, 0.25) is 0 Å². The van der Waals surface area contributed by atoms with E-state index in [1.807, 2.05) is 6.92 Å². The molecule has 2 atom stereocenters. The van der Waals surface area contributed by atoms with Crippen LogP contribution in [0.5, 0.6) is 0 Å². The van der Waals surface area contributed by atoms with E-state index in [0.29, 0.717) is 13.1 Å². The normalized spacial score (nSPS) is 21.1. The number of likely N-dealkylation sites (tertiary alicyclic amines) is 1. The summed E-state index contributed by atoms with van der Waals surface area (Å²) in [5, 5.41) is 2.49. The third kappa shape index (κ3) is 3.42. The third-order valence-corrected chi connectivity index (χ3v) is 3.61. The molecule has 1 N–H and O–H groups in total. The summed E-state index contributed by atoms with van der Waals surface area (Å²) in [4.78, 5) is 36.8. The number of carbonyl (C=O) groups excluding carboxylic acids is 3. The van der Waals surface area contributed by atoms with Crippen LogP contribution in [0, 0.1) is 11.8 Å². The highest BCUT2D eigenvalue weighted by Crippen LogP contribution is 2.23. The van der Waals surface area contributed by atoms with Gasteiger partial charge in [-0.05, 0) is 18.1 Å². The van der Waals surface area contributed by atoms with Gasteiger partial charge in [-0.15, -0.1) is 0 Å². The fourth-order valence-electron chi connectivity index (χ4n) is 2.39. The number of amides is 2. The van der Waals surface area contributed by atoms with Crippen LogP contribution in [0.3, 0.4) is 0 Å². The lowest BCUT2D eigenvalue weighted by molar-refractivity contribution is -0.146. The lowest BCUT2D eigenvalue weighted by Crippen LogP contribution is -2.39. The molecule has 0 aromatic carbocycles. The standard InChI is InChI=1S/C14H18N2O5/c1-9-7-16(8-10(9)14(19)20-2)12(17)6-15-13(18)11-4-3-5-21-11/h3-5,9-10H,6-8H2,1-2H3,(H,15,18). The lowest BCUT2D eigenvalue weighted by atomic mass is 9.99. The van der Waals surface area contributed by atoms with Crippen molar-refractivity contribution in [3.8, 4) is 0 Å². The Morgan fingerprint density at radius 2 is 2.19 bits per heavy atom. The molecule has 0 aliphatic carbocycles. The Labute approximate surface area is 122 Å². The fraction of sp³-hybridized carbons (Fsp3) is 0.500. The molecule has 0 radical (unpaired) electrons. The first-order valence-electron chi connectivity index (χ1n) is 6.70. The van der Waals surface area contributed by atoms with Crippen LogP contribution < -0.4 is 5.32 Å². The van der Waals surface area contributed by atoms with Gasteiger partial charge in [0, 0.05) is 13.1 Å². The summed E-state index contributed by atoms with van der Waals surface area (Å²) in [6.07, 6.45) is 1.39. The van der Waals surface area contributed by atoms with Gasteiger partial charge in [0.05, 0.1) is 25.8 Å². The number of hydrogen-bond donors (Lipinski definition) is 1. The molecule has 2 amide bonds. The maximum Gasteiger partial charge on any atom is 0.310 e. The summed E-state index contributed by atoms with van der Waals surface area (Å²) in [7, 11) is 1.34. The number of hydrogen-bond acceptors (Lipinski definition) is 5. The maximum absolute atomic E-state index is 12.0. The minimum absolute atomic E-state index is 0.0437. The van der Waals surface area contributed by atoms with Crippen LogP contribution in [-0.2, 0) is 14.3 Å². The molecule has 21 heavy (non-hydrogen) atoms. The molecular formula is C14H18N2O5. The zero-order valence-electron chi connectivity index (χ0n) is 12.0. The average Bonchev–Trinajstić information content (AvgIpc) is 3.13. The van der Waals surface area contributed by atoms with Crippen LogP contribution in [0.4, 0.5) is 0 Å². The summed E-state index contributed by atoms with van der Waals surface area (Å²) in [5.74, 6) is -1.08. The monoisotopic (exact) mass is 294 g/mol. The quantitative estimate of drug-likeness (QED) is 0.806. The van der Waals surface area contributed by atoms with E-state index < -0.39 is 5.91 Å². The molecular weight excluding hydrogens is 276 g/mol. The van der Waals surface area contributed by atoms with Gasteiger partial charge in [-0.2, -0.15) is 0 Å². The molecule has 2 heterocycles. The Bertz CT molecular complexity index is 525. The van der Waals surface area contributed by atoms with Crippen LogP contribution in [0.25, 0.3) is 0 Å². The van der Waals surface area contributed by atoms with Gasteiger partial charge < -0.3 is 19.4 Å².